The fourth-order valence-electron chi connectivity index (χ4n) is 1.69. The summed E-state index contributed by atoms with van der Waals surface area (Å²) < 4.78 is 12.7. The van der Waals surface area contributed by atoms with E-state index in [1.54, 1.807) is 12.1 Å². The fraction of sp³-hybridized carbons (Fsp3) is 0.143. The number of hydrogen-bond donors (Lipinski definition) is 2. The summed E-state index contributed by atoms with van der Waals surface area (Å²) in [6, 6.07) is 14.3. The van der Waals surface area contributed by atoms with Gasteiger partial charge < -0.3 is 11.1 Å². The Morgan fingerprint density at radius 2 is 1.59 bits per heavy atom. The third-order valence-electron chi connectivity index (χ3n) is 2.67. The first kappa shape index (κ1) is 11.6. The number of anilines is 1. The van der Waals surface area contributed by atoms with Crippen molar-refractivity contribution in [1.29, 1.82) is 0 Å². The number of hydrogen-bond acceptors (Lipinski definition) is 2. The molecule has 2 nitrogen and oxygen atoms in total. The van der Waals surface area contributed by atoms with Gasteiger partial charge in [-0.2, -0.15) is 0 Å². The van der Waals surface area contributed by atoms with Crippen LogP contribution in [-0.4, -0.2) is 0 Å². The predicted octanol–water partition coefficient (Wildman–Crippen LogP) is 2.90. The summed E-state index contributed by atoms with van der Waals surface area (Å²) in [6.07, 6.45) is 0. The smallest absolute Gasteiger partial charge is 0.123 e. The topological polar surface area (TPSA) is 38.0 Å². The van der Waals surface area contributed by atoms with Crippen LogP contribution in [0.2, 0.25) is 0 Å². The molecule has 0 heterocycles. The van der Waals surface area contributed by atoms with Gasteiger partial charge in [0.05, 0.1) is 0 Å². The van der Waals surface area contributed by atoms with Gasteiger partial charge >= 0.3 is 0 Å². The molecule has 0 spiro atoms. The third kappa shape index (κ3) is 3.04. The Labute approximate surface area is 100 Å². The highest BCUT2D eigenvalue weighted by molar-refractivity contribution is 5.44. The molecule has 0 aliphatic rings. The van der Waals surface area contributed by atoms with Gasteiger partial charge in [0, 0.05) is 18.8 Å². The van der Waals surface area contributed by atoms with Crippen molar-refractivity contribution in [3.63, 3.8) is 0 Å². The van der Waals surface area contributed by atoms with E-state index in [4.69, 9.17) is 5.73 Å². The molecule has 0 saturated heterocycles. The lowest BCUT2D eigenvalue weighted by Gasteiger charge is -2.10. The highest BCUT2D eigenvalue weighted by atomic mass is 19.1. The van der Waals surface area contributed by atoms with Crippen LogP contribution in [-0.2, 0) is 13.1 Å². The second kappa shape index (κ2) is 5.46. The van der Waals surface area contributed by atoms with Crippen LogP contribution in [0.1, 0.15) is 11.1 Å². The lowest BCUT2D eigenvalue weighted by molar-refractivity contribution is 0.628. The van der Waals surface area contributed by atoms with Crippen molar-refractivity contribution in [2.45, 2.75) is 13.1 Å². The molecule has 2 rings (SSSR count). The molecule has 3 heteroatoms. The summed E-state index contributed by atoms with van der Waals surface area (Å²) in [4.78, 5) is 0. The summed E-state index contributed by atoms with van der Waals surface area (Å²) in [6.45, 7) is 1.22. The summed E-state index contributed by atoms with van der Waals surface area (Å²) in [7, 11) is 0. The lowest BCUT2D eigenvalue weighted by atomic mass is 10.1. The molecule has 0 aliphatic heterocycles. The van der Waals surface area contributed by atoms with Crippen LogP contribution in [0.15, 0.2) is 48.5 Å². The molecule has 88 valence electrons. The summed E-state index contributed by atoms with van der Waals surface area (Å²) >= 11 is 0. The van der Waals surface area contributed by atoms with Crippen LogP contribution in [0.3, 0.4) is 0 Å². The molecule has 2 aromatic carbocycles. The number of nitrogens with two attached hydrogens (primary N) is 1. The lowest BCUT2D eigenvalue weighted by Crippen LogP contribution is -2.06. The summed E-state index contributed by atoms with van der Waals surface area (Å²) in [5.41, 5.74) is 8.86. The van der Waals surface area contributed by atoms with Crippen LogP contribution in [0.25, 0.3) is 0 Å². The maximum Gasteiger partial charge on any atom is 0.123 e. The monoisotopic (exact) mass is 230 g/mol. The second-order valence-corrected chi connectivity index (χ2v) is 3.83. The average Bonchev–Trinajstić information content (AvgIpc) is 2.38. The summed E-state index contributed by atoms with van der Waals surface area (Å²) in [5, 5.41) is 3.24. The van der Waals surface area contributed by atoms with Crippen LogP contribution in [0, 0.1) is 5.82 Å². The van der Waals surface area contributed by atoms with Gasteiger partial charge in [0.15, 0.2) is 0 Å². The van der Waals surface area contributed by atoms with E-state index < -0.39 is 0 Å². The quantitative estimate of drug-likeness (QED) is 0.847. The Kier molecular flexibility index (Phi) is 3.73. The Bertz CT molecular complexity index is 480. The molecule has 0 bridgehead atoms. The maximum absolute atomic E-state index is 12.7. The molecule has 0 amide bonds. The Hall–Kier alpha value is -1.87. The Morgan fingerprint density at radius 3 is 2.24 bits per heavy atom. The molecule has 0 radical (unpaired) electrons. The Morgan fingerprint density at radius 1 is 0.941 bits per heavy atom. The van der Waals surface area contributed by atoms with Gasteiger partial charge in [-0.15, -0.1) is 0 Å². The molecular formula is C14H15FN2. The van der Waals surface area contributed by atoms with E-state index in [2.05, 4.69) is 5.32 Å². The van der Waals surface area contributed by atoms with Gasteiger partial charge in [0.25, 0.3) is 0 Å². The second-order valence-electron chi connectivity index (χ2n) is 3.83. The van der Waals surface area contributed by atoms with Crippen LogP contribution >= 0.6 is 0 Å². The van der Waals surface area contributed by atoms with Gasteiger partial charge in [-0.05, 0) is 35.4 Å². The van der Waals surface area contributed by atoms with E-state index in [9.17, 15) is 4.39 Å². The first-order valence-corrected chi connectivity index (χ1v) is 5.56. The third-order valence-corrected chi connectivity index (χ3v) is 2.67. The first-order chi connectivity index (χ1) is 8.29. The molecule has 0 atom stereocenters. The first-order valence-electron chi connectivity index (χ1n) is 5.56. The normalized spacial score (nSPS) is 10.2. The minimum Gasteiger partial charge on any atom is -0.381 e. The van der Waals surface area contributed by atoms with Crippen LogP contribution < -0.4 is 11.1 Å². The average molecular weight is 230 g/mol. The minimum absolute atomic E-state index is 0.224. The van der Waals surface area contributed by atoms with Crippen molar-refractivity contribution in [1.82, 2.24) is 0 Å². The number of halogens is 1. The van der Waals surface area contributed by atoms with Gasteiger partial charge in [0.1, 0.15) is 5.82 Å². The molecule has 17 heavy (non-hydrogen) atoms. The zero-order valence-electron chi connectivity index (χ0n) is 9.49. The van der Waals surface area contributed by atoms with Crippen molar-refractivity contribution >= 4 is 5.69 Å². The van der Waals surface area contributed by atoms with E-state index in [-0.39, 0.29) is 5.82 Å². The van der Waals surface area contributed by atoms with E-state index in [1.165, 1.54) is 17.7 Å². The van der Waals surface area contributed by atoms with E-state index >= 15 is 0 Å². The van der Waals surface area contributed by atoms with Crippen LogP contribution in [0.5, 0.6) is 0 Å². The molecule has 3 N–H and O–H groups in total. The largest absolute Gasteiger partial charge is 0.381 e. The fourth-order valence-corrected chi connectivity index (χ4v) is 1.69. The SMILES string of the molecule is NCc1ccccc1CNc1ccc(F)cc1. The van der Waals surface area contributed by atoms with Crippen LogP contribution in [0.4, 0.5) is 10.1 Å². The number of rotatable bonds is 4. The van der Waals surface area contributed by atoms with Crippen molar-refractivity contribution in [2.75, 3.05) is 5.32 Å². The molecule has 2 aromatic rings. The van der Waals surface area contributed by atoms with Gasteiger partial charge in [-0.3, -0.25) is 0 Å². The molecule has 0 saturated carbocycles. The highest BCUT2D eigenvalue weighted by Crippen LogP contribution is 2.13. The zero-order chi connectivity index (χ0) is 12.1. The number of benzene rings is 2. The van der Waals surface area contributed by atoms with Gasteiger partial charge in [-0.25, -0.2) is 4.39 Å². The zero-order valence-corrected chi connectivity index (χ0v) is 9.49. The predicted molar refractivity (Wildman–Crippen MR) is 68.1 cm³/mol. The van der Waals surface area contributed by atoms with E-state index in [0.29, 0.717) is 13.1 Å². The van der Waals surface area contributed by atoms with E-state index in [0.717, 1.165) is 11.3 Å². The van der Waals surface area contributed by atoms with Gasteiger partial charge in [0.2, 0.25) is 0 Å². The highest BCUT2D eigenvalue weighted by Gasteiger charge is 1.99. The molecule has 0 aliphatic carbocycles. The molecular weight excluding hydrogens is 215 g/mol. The minimum atomic E-state index is -0.224. The Balaban J connectivity index is 2.04. The summed E-state index contributed by atoms with van der Waals surface area (Å²) in [5.74, 6) is -0.224. The standard InChI is InChI=1S/C14H15FN2/c15-13-5-7-14(8-6-13)17-10-12-4-2-1-3-11(12)9-16/h1-8,17H,9-10,16H2. The maximum atomic E-state index is 12.7. The molecule has 0 fully saturated rings. The molecule has 0 unspecified atom stereocenters. The van der Waals surface area contributed by atoms with Crippen molar-refractivity contribution in [3.8, 4) is 0 Å². The van der Waals surface area contributed by atoms with Crippen molar-refractivity contribution < 1.29 is 4.39 Å². The molecule has 0 aromatic heterocycles. The van der Waals surface area contributed by atoms with Crippen molar-refractivity contribution in [3.05, 3.63) is 65.5 Å². The number of nitrogens with one attached hydrogen (secondary N) is 1. The van der Waals surface area contributed by atoms with Gasteiger partial charge in [-0.1, -0.05) is 24.3 Å². The van der Waals surface area contributed by atoms with E-state index in [1.807, 2.05) is 24.3 Å². The van der Waals surface area contributed by atoms with Crippen molar-refractivity contribution in [2.24, 2.45) is 5.73 Å².